The third-order valence-electron chi connectivity index (χ3n) is 2.97. The van der Waals surface area contributed by atoms with E-state index in [1.807, 2.05) is 13.8 Å². The Morgan fingerprint density at radius 3 is 2.43 bits per heavy atom. The summed E-state index contributed by atoms with van der Waals surface area (Å²) in [5.74, 6) is -0.229. The number of sulfonamides is 1. The fraction of sp³-hybridized carbons (Fsp3) is 0.400. The van der Waals surface area contributed by atoms with Crippen molar-refractivity contribution in [1.29, 1.82) is 0 Å². The molecule has 0 saturated heterocycles. The second-order valence-electron chi connectivity index (χ2n) is 4.83. The molecular formula is C15H24ClN3O3S. The van der Waals surface area contributed by atoms with Crippen LogP contribution in [0.1, 0.15) is 24.2 Å². The third kappa shape index (κ3) is 7.13. The molecule has 1 rings (SSSR count). The Morgan fingerprint density at radius 2 is 1.91 bits per heavy atom. The van der Waals surface area contributed by atoms with Crippen LogP contribution in [0, 0.1) is 0 Å². The SMILES string of the molecule is C=CCNS(=O)(=O)c1ccc(C(=O)NC[C@@H](C)NCC)cc1.Cl. The average Bonchev–Trinajstić information content (AvgIpc) is 2.51. The third-order valence-corrected chi connectivity index (χ3v) is 4.41. The van der Waals surface area contributed by atoms with Crippen molar-refractivity contribution in [2.75, 3.05) is 19.6 Å². The highest BCUT2D eigenvalue weighted by Gasteiger charge is 2.14. The van der Waals surface area contributed by atoms with Gasteiger partial charge < -0.3 is 10.6 Å². The zero-order valence-corrected chi connectivity index (χ0v) is 15.0. The minimum absolute atomic E-state index is 0. The van der Waals surface area contributed by atoms with Crippen LogP contribution in [0.25, 0.3) is 0 Å². The summed E-state index contributed by atoms with van der Waals surface area (Å²) >= 11 is 0. The Labute approximate surface area is 144 Å². The summed E-state index contributed by atoms with van der Waals surface area (Å²) in [5.41, 5.74) is 0.423. The zero-order chi connectivity index (χ0) is 16.6. The molecule has 130 valence electrons. The fourth-order valence-corrected chi connectivity index (χ4v) is 2.80. The molecule has 0 spiro atoms. The molecule has 0 aliphatic carbocycles. The van der Waals surface area contributed by atoms with Crippen LogP contribution >= 0.6 is 12.4 Å². The molecule has 1 aromatic rings. The lowest BCUT2D eigenvalue weighted by molar-refractivity contribution is 0.0950. The van der Waals surface area contributed by atoms with Gasteiger partial charge in [0.1, 0.15) is 0 Å². The number of likely N-dealkylation sites (N-methyl/N-ethyl adjacent to an activating group) is 1. The van der Waals surface area contributed by atoms with Gasteiger partial charge in [0, 0.05) is 24.7 Å². The summed E-state index contributed by atoms with van der Waals surface area (Å²) < 4.78 is 26.2. The first kappa shape index (κ1) is 21.6. The van der Waals surface area contributed by atoms with E-state index in [1.54, 1.807) is 0 Å². The first-order chi connectivity index (χ1) is 10.4. The second-order valence-corrected chi connectivity index (χ2v) is 6.60. The van der Waals surface area contributed by atoms with Crippen LogP contribution in [0.3, 0.4) is 0 Å². The number of carbonyl (C=O) groups excluding carboxylic acids is 1. The van der Waals surface area contributed by atoms with E-state index in [1.165, 1.54) is 30.3 Å². The molecule has 1 amide bonds. The van der Waals surface area contributed by atoms with Crippen molar-refractivity contribution in [3.05, 3.63) is 42.5 Å². The van der Waals surface area contributed by atoms with Gasteiger partial charge in [-0.2, -0.15) is 0 Å². The summed E-state index contributed by atoms with van der Waals surface area (Å²) in [6.45, 7) is 8.93. The Kier molecular flexibility index (Phi) is 9.74. The van der Waals surface area contributed by atoms with Gasteiger partial charge in [-0.05, 0) is 37.7 Å². The van der Waals surface area contributed by atoms with Gasteiger partial charge in [-0.3, -0.25) is 4.79 Å². The van der Waals surface area contributed by atoms with Gasteiger partial charge in [-0.15, -0.1) is 19.0 Å². The van der Waals surface area contributed by atoms with Crippen LogP contribution in [0.4, 0.5) is 0 Å². The highest BCUT2D eigenvalue weighted by molar-refractivity contribution is 7.89. The minimum atomic E-state index is -3.56. The minimum Gasteiger partial charge on any atom is -0.350 e. The standard InChI is InChI=1S/C15H23N3O3S.ClH/c1-4-10-18-22(20,21)14-8-6-13(7-9-14)15(19)17-11-12(3)16-5-2;/h4,6-9,12,16,18H,1,5,10-11H2,2-3H3,(H,17,19);1H/t12-;/m1./s1. The number of halogens is 1. The molecule has 1 atom stereocenters. The van der Waals surface area contributed by atoms with Crippen molar-refractivity contribution in [3.8, 4) is 0 Å². The van der Waals surface area contributed by atoms with Gasteiger partial charge >= 0.3 is 0 Å². The van der Waals surface area contributed by atoms with Crippen molar-refractivity contribution in [3.63, 3.8) is 0 Å². The summed E-state index contributed by atoms with van der Waals surface area (Å²) in [7, 11) is -3.56. The Balaban J connectivity index is 0.00000484. The summed E-state index contributed by atoms with van der Waals surface area (Å²) in [5, 5.41) is 5.99. The second kappa shape index (κ2) is 10.4. The molecule has 0 bridgehead atoms. The van der Waals surface area contributed by atoms with Crippen molar-refractivity contribution in [2.45, 2.75) is 24.8 Å². The van der Waals surface area contributed by atoms with E-state index < -0.39 is 10.0 Å². The lowest BCUT2D eigenvalue weighted by Crippen LogP contribution is -2.38. The number of benzene rings is 1. The van der Waals surface area contributed by atoms with E-state index in [0.717, 1.165) is 6.54 Å². The normalized spacial score (nSPS) is 12.1. The molecule has 0 aliphatic heterocycles. The highest BCUT2D eigenvalue weighted by Crippen LogP contribution is 2.10. The van der Waals surface area contributed by atoms with Crippen molar-refractivity contribution >= 4 is 28.3 Å². The van der Waals surface area contributed by atoms with Crippen molar-refractivity contribution in [2.24, 2.45) is 0 Å². The van der Waals surface area contributed by atoms with E-state index in [9.17, 15) is 13.2 Å². The topological polar surface area (TPSA) is 87.3 Å². The van der Waals surface area contributed by atoms with Crippen LogP contribution < -0.4 is 15.4 Å². The first-order valence-corrected chi connectivity index (χ1v) is 8.61. The maximum Gasteiger partial charge on any atom is 0.251 e. The molecule has 0 radical (unpaired) electrons. The zero-order valence-electron chi connectivity index (χ0n) is 13.3. The van der Waals surface area contributed by atoms with E-state index >= 15 is 0 Å². The smallest absolute Gasteiger partial charge is 0.251 e. The lowest BCUT2D eigenvalue weighted by Gasteiger charge is -2.13. The maximum absolute atomic E-state index is 12.0. The van der Waals surface area contributed by atoms with Gasteiger partial charge in [0.15, 0.2) is 0 Å². The molecule has 0 saturated carbocycles. The predicted molar refractivity (Wildman–Crippen MR) is 94.5 cm³/mol. The van der Waals surface area contributed by atoms with E-state index in [0.29, 0.717) is 12.1 Å². The molecular weight excluding hydrogens is 338 g/mol. The summed E-state index contributed by atoms with van der Waals surface area (Å²) in [6, 6.07) is 5.99. The highest BCUT2D eigenvalue weighted by atomic mass is 35.5. The van der Waals surface area contributed by atoms with Gasteiger partial charge in [0.25, 0.3) is 5.91 Å². The predicted octanol–water partition coefficient (Wildman–Crippen LogP) is 1.30. The molecule has 1 aromatic carbocycles. The van der Waals surface area contributed by atoms with E-state index in [-0.39, 0.29) is 35.8 Å². The Bertz CT molecular complexity index is 603. The average molecular weight is 362 g/mol. The largest absolute Gasteiger partial charge is 0.350 e. The monoisotopic (exact) mass is 361 g/mol. The molecule has 8 heteroatoms. The molecule has 0 unspecified atom stereocenters. The number of hydrogen-bond donors (Lipinski definition) is 3. The number of amides is 1. The first-order valence-electron chi connectivity index (χ1n) is 7.13. The van der Waals surface area contributed by atoms with Gasteiger partial charge in [-0.25, -0.2) is 13.1 Å². The van der Waals surface area contributed by atoms with Crippen LogP contribution in [0.5, 0.6) is 0 Å². The Morgan fingerprint density at radius 1 is 1.30 bits per heavy atom. The molecule has 0 heterocycles. The summed E-state index contributed by atoms with van der Waals surface area (Å²) in [6.07, 6.45) is 1.46. The van der Waals surface area contributed by atoms with Gasteiger partial charge in [-0.1, -0.05) is 13.0 Å². The number of nitrogens with one attached hydrogen (secondary N) is 3. The van der Waals surface area contributed by atoms with Crippen molar-refractivity contribution < 1.29 is 13.2 Å². The molecule has 3 N–H and O–H groups in total. The lowest BCUT2D eigenvalue weighted by atomic mass is 10.2. The molecule has 23 heavy (non-hydrogen) atoms. The maximum atomic E-state index is 12.0. The molecule has 0 aromatic heterocycles. The number of hydrogen-bond acceptors (Lipinski definition) is 4. The fourth-order valence-electron chi connectivity index (χ4n) is 1.81. The van der Waals surface area contributed by atoms with Crippen LogP contribution in [-0.2, 0) is 10.0 Å². The Hall–Kier alpha value is -1.41. The number of rotatable bonds is 9. The summed E-state index contributed by atoms with van der Waals surface area (Å²) in [4.78, 5) is 12.1. The number of carbonyl (C=O) groups is 1. The molecule has 0 fully saturated rings. The van der Waals surface area contributed by atoms with Crippen molar-refractivity contribution in [1.82, 2.24) is 15.4 Å². The molecule has 0 aliphatic rings. The van der Waals surface area contributed by atoms with E-state index in [4.69, 9.17) is 0 Å². The van der Waals surface area contributed by atoms with E-state index in [2.05, 4.69) is 21.9 Å². The molecule has 6 nitrogen and oxygen atoms in total. The van der Waals surface area contributed by atoms with Crippen LogP contribution in [0.2, 0.25) is 0 Å². The van der Waals surface area contributed by atoms with Gasteiger partial charge in [0.05, 0.1) is 4.90 Å². The van der Waals surface area contributed by atoms with Gasteiger partial charge in [0.2, 0.25) is 10.0 Å². The quantitative estimate of drug-likeness (QED) is 0.578. The van der Waals surface area contributed by atoms with Crippen LogP contribution in [-0.4, -0.2) is 40.0 Å². The van der Waals surface area contributed by atoms with Crippen LogP contribution in [0.15, 0.2) is 41.8 Å².